The van der Waals surface area contributed by atoms with Crippen molar-refractivity contribution < 1.29 is 8.42 Å². The molecule has 1 rings (SSSR count). The number of rotatable bonds is 2. The highest BCUT2D eigenvalue weighted by molar-refractivity contribution is 7.92. The Labute approximate surface area is 67.9 Å². The van der Waals surface area contributed by atoms with Crippen LogP contribution in [-0.4, -0.2) is 25.5 Å². The molecule has 0 bridgehead atoms. The van der Waals surface area contributed by atoms with E-state index in [4.69, 9.17) is 5.73 Å². The van der Waals surface area contributed by atoms with E-state index >= 15 is 0 Å². The monoisotopic (exact) mass is 177 g/mol. The maximum Gasteiger partial charge on any atom is 0.150 e. The summed E-state index contributed by atoms with van der Waals surface area (Å²) in [6.07, 6.45) is 0.812. The number of nitrogens with two attached hydrogens (primary N) is 1. The molecule has 0 saturated carbocycles. The molecule has 0 unspecified atom stereocenters. The van der Waals surface area contributed by atoms with Crippen molar-refractivity contribution in [2.24, 2.45) is 11.7 Å². The molecule has 11 heavy (non-hydrogen) atoms. The zero-order valence-corrected chi connectivity index (χ0v) is 7.82. The molecule has 0 aliphatic carbocycles. The fourth-order valence-corrected chi connectivity index (χ4v) is 3.11. The second kappa shape index (κ2) is 2.45. The topological polar surface area (TPSA) is 60.2 Å². The highest BCUT2D eigenvalue weighted by atomic mass is 32.2. The van der Waals surface area contributed by atoms with Gasteiger partial charge in [0.25, 0.3) is 0 Å². The molecule has 0 atom stereocenters. The third-order valence-corrected chi connectivity index (χ3v) is 3.75. The third kappa shape index (κ3) is 2.79. The number of hydrogen-bond acceptors (Lipinski definition) is 3. The Hall–Kier alpha value is -0.0900. The van der Waals surface area contributed by atoms with E-state index in [0.29, 0.717) is 17.4 Å². The van der Waals surface area contributed by atoms with Crippen LogP contribution in [0.1, 0.15) is 20.3 Å². The summed E-state index contributed by atoms with van der Waals surface area (Å²) in [7, 11) is -2.66. The van der Waals surface area contributed by atoms with Gasteiger partial charge in [-0.2, -0.15) is 0 Å². The van der Waals surface area contributed by atoms with Crippen molar-refractivity contribution in [3.8, 4) is 0 Å². The molecule has 1 heterocycles. The van der Waals surface area contributed by atoms with E-state index < -0.39 is 9.84 Å². The highest BCUT2D eigenvalue weighted by Crippen LogP contribution is 2.25. The molecule has 1 aliphatic rings. The summed E-state index contributed by atoms with van der Waals surface area (Å²) < 4.78 is 21.5. The molecule has 0 aromatic rings. The zero-order valence-electron chi connectivity index (χ0n) is 7.00. The molecule has 0 radical (unpaired) electrons. The van der Waals surface area contributed by atoms with Crippen molar-refractivity contribution in [3.05, 3.63) is 0 Å². The van der Waals surface area contributed by atoms with Gasteiger partial charge in [0, 0.05) is 5.54 Å². The summed E-state index contributed by atoms with van der Waals surface area (Å²) in [5.41, 5.74) is 5.52. The van der Waals surface area contributed by atoms with E-state index in [1.807, 2.05) is 13.8 Å². The lowest BCUT2D eigenvalue weighted by molar-refractivity contribution is 0.382. The fourth-order valence-electron chi connectivity index (χ4n) is 1.53. The molecule has 0 aromatic heterocycles. The van der Waals surface area contributed by atoms with Gasteiger partial charge in [0.05, 0.1) is 11.5 Å². The largest absolute Gasteiger partial charge is 0.326 e. The summed E-state index contributed by atoms with van der Waals surface area (Å²) in [5, 5.41) is 0. The molecule has 1 aliphatic heterocycles. The van der Waals surface area contributed by atoms with Gasteiger partial charge >= 0.3 is 0 Å². The van der Waals surface area contributed by atoms with Gasteiger partial charge in [-0.3, -0.25) is 0 Å². The van der Waals surface area contributed by atoms with E-state index in [9.17, 15) is 8.42 Å². The van der Waals surface area contributed by atoms with Crippen LogP contribution >= 0.6 is 0 Å². The first kappa shape index (κ1) is 9.00. The molecule has 66 valence electrons. The first-order valence-corrected chi connectivity index (χ1v) is 5.60. The van der Waals surface area contributed by atoms with Crippen LogP contribution in [0.25, 0.3) is 0 Å². The summed E-state index contributed by atoms with van der Waals surface area (Å²) in [4.78, 5) is 0. The van der Waals surface area contributed by atoms with Gasteiger partial charge in [-0.15, -0.1) is 0 Å². The molecule has 4 heteroatoms. The van der Waals surface area contributed by atoms with Gasteiger partial charge < -0.3 is 5.73 Å². The van der Waals surface area contributed by atoms with Crippen molar-refractivity contribution in [1.82, 2.24) is 0 Å². The fraction of sp³-hybridized carbons (Fsp3) is 1.00. The Morgan fingerprint density at radius 3 is 2.18 bits per heavy atom. The van der Waals surface area contributed by atoms with E-state index in [1.165, 1.54) is 0 Å². The Kier molecular flexibility index (Phi) is 2.01. The summed E-state index contributed by atoms with van der Waals surface area (Å²) >= 11 is 0. The second-order valence-corrected chi connectivity index (χ2v) is 6.29. The minimum absolute atomic E-state index is 0.222. The molecule has 1 saturated heterocycles. The molecular weight excluding hydrogens is 162 g/mol. The van der Waals surface area contributed by atoms with Crippen molar-refractivity contribution in [2.75, 3.05) is 11.5 Å². The average molecular weight is 177 g/mol. The SMILES string of the molecule is CC(C)(N)CC1CS(=O)(=O)C1. The summed E-state index contributed by atoms with van der Waals surface area (Å²) in [6.45, 7) is 3.86. The smallest absolute Gasteiger partial charge is 0.150 e. The molecule has 0 spiro atoms. The first-order chi connectivity index (χ1) is 4.79. The van der Waals surface area contributed by atoms with Crippen LogP contribution in [-0.2, 0) is 9.84 Å². The molecule has 0 aromatic carbocycles. The Bertz CT molecular complexity index is 226. The minimum atomic E-state index is -2.66. The number of hydrogen-bond donors (Lipinski definition) is 1. The van der Waals surface area contributed by atoms with Gasteiger partial charge in [-0.05, 0) is 26.2 Å². The Morgan fingerprint density at radius 2 is 1.91 bits per heavy atom. The zero-order chi connectivity index (χ0) is 8.70. The molecule has 0 amide bonds. The van der Waals surface area contributed by atoms with Gasteiger partial charge in [0.15, 0.2) is 9.84 Å². The Balaban J connectivity index is 2.36. The number of sulfone groups is 1. The van der Waals surface area contributed by atoms with Crippen LogP contribution in [0.15, 0.2) is 0 Å². The van der Waals surface area contributed by atoms with E-state index in [-0.39, 0.29) is 5.54 Å². The minimum Gasteiger partial charge on any atom is -0.326 e. The molecule has 3 nitrogen and oxygen atoms in total. The highest BCUT2D eigenvalue weighted by Gasteiger charge is 2.35. The standard InChI is InChI=1S/C7H15NO2S/c1-7(2,8)3-6-4-11(9,10)5-6/h6H,3-5,8H2,1-2H3. The quantitative estimate of drug-likeness (QED) is 0.653. The van der Waals surface area contributed by atoms with Crippen LogP contribution in [0.4, 0.5) is 0 Å². The second-order valence-electron chi connectivity index (χ2n) is 4.14. The van der Waals surface area contributed by atoms with Gasteiger partial charge in [-0.25, -0.2) is 8.42 Å². The predicted molar refractivity (Wildman–Crippen MR) is 45.0 cm³/mol. The van der Waals surface area contributed by atoms with Crippen molar-refractivity contribution in [2.45, 2.75) is 25.8 Å². The van der Waals surface area contributed by atoms with Crippen LogP contribution in [0.3, 0.4) is 0 Å². The van der Waals surface area contributed by atoms with E-state index in [1.54, 1.807) is 0 Å². The summed E-state index contributed by atoms with van der Waals surface area (Å²) in [6, 6.07) is 0. The van der Waals surface area contributed by atoms with Crippen molar-refractivity contribution >= 4 is 9.84 Å². The maximum absolute atomic E-state index is 10.7. The molecule has 2 N–H and O–H groups in total. The van der Waals surface area contributed by atoms with Gasteiger partial charge in [0.1, 0.15) is 0 Å². The lowest BCUT2D eigenvalue weighted by Crippen LogP contribution is -2.44. The lowest BCUT2D eigenvalue weighted by Gasteiger charge is -2.31. The van der Waals surface area contributed by atoms with Crippen LogP contribution in [0.2, 0.25) is 0 Å². The Morgan fingerprint density at radius 1 is 1.45 bits per heavy atom. The maximum atomic E-state index is 10.7. The van der Waals surface area contributed by atoms with Gasteiger partial charge in [0.2, 0.25) is 0 Å². The van der Waals surface area contributed by atoms with Crippen LogP contribution < -0.4 is 5.73 Å². The predicted octanol–water partition coefficient (Wildman–Crippen LogP) is 0.158. The first-order valence-electron chi connectivity index (χ1n) is 3.78. The van der Waals surface area contributed by atoms with Gasteiger partial charge in [-0.1, -0.05) is 0 Å². The normalized spacial score (nSPS) is 24.6. The van der Waals surface area contributed by atoms with Crippen molar-refractivity contribution in [1.29, 1.82) is 0 Å². The molecular formula is C7H15NO2S. The lowest BCUT2D eigenvalue weighted by atomic mass is 9.93. The summed E-state index contributed by atoms with van der Waals surface area (Å²) in [5.74, 6) is 0.987. The average Bonchev–Trinajstić information content (AvgIpc) is 1.53. The van der Waals surface area contributed by atoms with E-state index in [0.717, 1.165) is 6.42 Å². The third-order valence-electron chi connectivity index (χ3n) is 1.79. The van der Waals surface area contributed by atoms with Crippen molar-refractivity contribution in [3.63, 3.8) is 0 Å². The molecule has 1 fully saturated rings. The van der Waals surface area contributed by atoms with Crippen LogP contribution in [0, 0.1) is 5.92 Å². The van der Waals surface area contributed by atoms with Crippen LogP contribution in [0.5, 0.6) is 0 Å². The van der Waals surface area contributed by atoms with E-state index in [2.05, 4.69) is 0 Å².